The zero-order valence-electron chi connectivity index (χ0n) is 7.37. The minimum absolute atomic E-state index is 0.530. The molecule has 10 heavy (non-hydrogen) atoms. The van der Waals surface area contributed by atoms with Crippen molar-refractivity contribution in [2.24, 2.45) is 16.7 Å². The van der Waals surface area contributed by atoms with Crippen LogP contribution in [-0.2, 0) is 0 Å². The standard InChI is InChI=1S/C9H17Cl/c1-8(2)7(5-6-10)9(8,3)4/h7H,5-6H2,1-4H3. The molecule has 1 heteroatoms. The molecule has 1 fully saturated rings. The summed E-state index contributed by atoms with van der Waals surface area (Å²) in [4.78, 5) is 0. The highest BCUT2D eigenvalue weighted by Crippen LogP contribution is 2.69. The van der Waals surface area contributed by atoms with Gasteiger partial charge in [0.15, 0.2) is 0 Å². The van der Waals surface area contributed by atoms with Gasteiger partial charge in [0.25, 0.3) is 0 Å². The normalized spacial score (nSPS) is 28.5. The van der Waals surface area contributed by atoms with E-state index in [2.05, 4.69) is 27.7 Å². The Bertz CT molecular complexity index is 122. The smallest absolute Gasteiger partial charge is 0.0226 e. The van der Waals surface area contributed by atoms with Crippen molar-refractivity contribution in [1.29, 1.82) is 0 Å². The minimum Gasteiger partial charge on any atom is -0.127 e. The van der Waals surface area contributed by atoms with Crippen molar-refractivity contribution in [2.45, 2.75) is 34.1 Å². The van der Waals surface area contributed by atoms with Crippen molar-refractivity contribution in [2.75, 3.05) is 5.88 Å². The highest BCUT2D eigenvalue weighted by atomic mass is 35.5. The maximum atomic E-state index is 5.69. The number of hydrogen-bond donors (Lipinski definition) is 0. The number of alkyl halides is 1. The molecule has 0 bridgehead atoms. The van der Waals surface area contributed by atoms with E-state index in [9.17, 15) is 0 Å². The van der Waals surface area contributed by atoms with Crippen LogP contribution in [0.5, 0.6) is 0 Å². The summed E-state index contributed by atoms with van der Waals surface area (Å²) in [6.45, 7) is 9.35. The molecule has 0 heterocycles. The third-order valence-corrected chi connectivity index (χ3v) is 3.94. The molecule has 1 rings (SSSR count). The maximum Gasteiger partial charge on any atom is 0.0226 e. The van der Waals surface area contributed by atoms with Crippen LogP contribution in [0.4, 0.5) is 0 Å². The molecule has 0 saturated heterocycles. The first-order chi connectivity index (χ1) is 4.44. The zero-order chi connectivity index (χ0) is 7.99. The third kappa shape index (κ3) is 0.887. The fourth-order valence-electron chi connectivity index (χ4n) is 2.16. The van der Waals surface area contributed by atoms with Gasteiger partial charge in [0.2, 0.25) is 0 Å². The van der Waals surface area contributed by atoms with E-state index in [1.807, 2.05) is 0 Å². The van der Waals surface area contributed by atoms with Gasteiger partial charge in [-0.3, -0.25) is 0 Å². The van der Waals surface area contributed by atoms with Crippen LogP contribution in [-0.4, -0.2) is 5.88 Å². The van der Waals surface area contributed by atoms with Gasteiger partial charge in [0.1, 0.15) is 0 Å². The van der Waals surface area contributed by atoms with Crippen molar-refractivity contribution in [3.63, 3.8) is 0 Å². The van der Waals surface area contributed by atoms with Crippen LogP contribution in [0.15, 0.2) is 0 Å². The van der Waals surface area contributed by atoms with Crippen LogP contribution in [0.1, 0.15) is 34.1 Å². The molecule has 1 aliphatic rings. The Kier molecular flexibility index (Phi) is 1.79. The molecular formula is C9H17Cl. The second-order valence-electron chi connectivity index (χ2n) is 4.47. The largest absolute Gasteiger partial charge is 0.127 e. The molecule has 0 aliphatic heterocycles. The minimum atomic E-state index is 0.530. The molecule has 60 valence electrons. The Hall–Kier alpha value is 0.290. The van der Waals surface area contributed by atoms with Gasteiger partial charge in [-0.05, 0) is 23.2 Å². The van der Waals surface area contributed by atoms with Crippen molar-refractivity contribution in [3.8, 4) is 0 Å². The molecule has 0 aromatic carbocycles. The second kappa shape index (κ2) is 2.14. The highest BCUT2D eigenvalue weighted by Gasteiger charge is 2.63. The molecule has 0 spiro atoms. The van der Waals surface area contributed by atoms with Crippen molar-refractivity contribution in [1.82, 2.24) is 0 Å². The SMILES string of the molecule is CC1(C)C(CCCl)C1(C)C. The van der Waals surface area contributed by atoms with Gasteiger partial charge in [0.05, 0.1) is 0 Å². The summed E-state index contributed by atoms with van der Waals surface area (Å²) in [6.07, 6.45) is 1.18. The van der Waals surface area contributed by atoms with Crippen LogP contribution in [0.2, 0.25) is 0 Å². The predicted molar refractivity (Wildman–Crippen MR) is 46.4 cm³/mol. The summed E-state index contributed by atoms with van der Waals surface area (Å²) in [5.41, 5.74) is 1.06. The van der Waals surface area contributed by atoms with Crippen LogP contribution < -0.4 is 0 Å². The van der Waals surface area contributed by atoms with E-state index in [4.69, 9.17) is 11.6 Å². The molecule has 0 aromatic rings. The van der Waals surface area contributed by atoms with Gasteiger partial charge < -0.3 is 0 Å². The van der Waals surface area contributed by atoms with E-state index in [1.165, 1.54) is 6.42 Å². The Balaban J connectivity index is 2.54. The maximum absolute atomic E-state index is 5.69. The summed E-state index contributed by atoms with van der Waals surface area (Å²) in [6, 6.07) is 0. The van der Waals surface area contributed by atoms with Crippen molar-refractivity contribution >= 4 is 11.6 Å². The van der Waals surface area contributed by atoms with Gasteiger partial charge in [-0.15, -0.1) is 11.6 Å². The first-order valence-electron chi connectivity index (χ1n) is 4.00. The molecule has 0 atom stereocenters. The van der Waals surface area contributed by atoms with Gasteiger partial charge >= 0.3 is 0 Å². The monoisotopic (exact) mass is 160 g/mol. The average Bonchev–Trinajstić information content (AvgIpc) is 2.13. The Morgan fingerprint density at radius 2 is 1.50 bits per heavy atom. The highest BCUT2D eigenvalue weighted by molar-refractivity contribution is 6.17. The second-order valence-corrected chi connectivity index (χ2v) is 4.85. The Labute approximate surface area is 69.0 Å². The average molecular weight is 161 g/mol. The predicted octanol–water partition coefficient (Wildman–Crippen LogP) is 3.30. The lowest BCUT2D eigenvalue weighted by atomic mass is 10.0. The van der Waals surface area contributed by atoms with Crippen LogP contribution in [0.3, 0.4) is 0 Å². The molecule has 1 aliphatic carbocycles. The van der Waals surface area contributed by atoms with Gasteiger partial charge in [0, 0.05) is 5.88 Å². The lowest BCUT2D eigenvalue weighted by molar-refractivity contribution is 0.457. The zero-order valence-corrected chi connectivity index (χ0v) is 8.13. The summed E-state index contributed by atoms with van der Waals surface area (Å²) in [5.74, 6) is 1.66. The van der Waals surface area contributed by atoms with Crippen LogP contribution in [0, 0.1) is 16.7 Å². The number of halogens is 1. The first-order valence-corrected chi connectivity index (χ1v) is 4.54. The third-order valence-electron chi connectivity index (χ3n) is 3.72. The molecule has 0 N–H and O–H groups in total. The molecule has 0 nitrogen and oxygen atoms in total. The fraction of sp³-hybridized carbons (Fsp3) is 1.00. The molecule has 0 unspecified atom stereocenters. The lowest BCUT2D eigenvalue weighted by Crippen LogP contribution is -1.95. The molecular weight excluding hydrogens is 144 g/mol. The topological polar surface area (TPSA) is 0 Å². The molecule has 0 radical (unpaired) electrons. The van der Waals surface area contributed by atoms with E-state index in [-0.39, 0.29) is 0 Å². The van der Waals surface area contributed by atoms with Gasteiger partial charge in [-0.25, -0.2) is 0 Å². The molecule has 1 saturated carbocycles. The van der Waals surface area contributed by atoms with E-state index in [0.717, 1.165) is 11.8 Å². The van der Waals surface area contributed by atoms with E-state index < -0.39 is 0 Å². The van der Waals surface area contributed by atoms with E-state index in [0.29, 0.717) is 10.8 Å². The summed E-state index contributed by atoms with van der Waals surface area (Å²) in [5, 5.41) is 0. The van der Waals surface area contributed by atoms with Crippen molar-refractivity contribution in [3.05, 3.63) is 0 Å². The summed E-state index contributed by atoms with van der Waals surface area (Å²) >= 11 is 5.69. The quantitative estimate of drug-likeness (QED) is 0.544. The van der Waals surface area contributed by atoms with Gasteiger partial charge in [-0.1, -0.05) is 27.7 Å². The van der Waals surface area contributed by atoms with Crippen molar-refractivity contribution < 1.29 is 0 Å². The van der Waals surface area contributed by atoms with Crippen LogP contribution >= 0.6 is 11.6 Å². The van der Waals surface area contributed by atoms with Gasteiger partial charge in [-0.2, -0.15) is 0 Å². The summed E-state index contributed by atoms with van der Waals surface area (Å²) < 4.78 is 0. The van der Waals surface area contributed by atoms with Crippen LogP contribution in [0.25, 0.3) is 0 Å². The first kappa shape index (κ1) is 8.39. The van der Waals surface area contributed by atoms with E-state index >= 15 is 0 Å². The van der Waals surface area contributed by atoms with E-state index in [1.54, 1.807) is 0 Å². The number of hydrogen-bond acceptors (Lipinski definition) is 0. The fourth-order valence-corrected chi connectivity index (χ4v) is 2.38. The lowest BCUT2D eigenvalue weighted by Gasteiger charge is -2.04. The Morgan fingerprint density at radius 3 is 1.60 bits per heavy atom. The molecule has 0 amide bonds. The molecule has 0 aromatic heterocycles. The summed E-state index contributed by atoms with van der Waals surface area (Å²) in [7, 11) is 0. The Morgan fingerprint density at radius 1 is 1.10 bits per heavy atom. The number of rotatable bonds is 2.